The van der Waals surface area contributed by atoms with Gasteiger partial charge in [0.25, 0.3) is 0 Å². The summed E-state index contributed by atoms with van der Waals surface area (Å²) < 4.78 is 5.79. The Balaban J connectivity index is 1.99. The maximum atomic E-state index is 9.28. The van der Waals surface area contributed by atoms with Gasteiger partial charge in [-0.25, -0.2) is 0 Å². The van der Waals surface area contributed by atoms with Gasteiger partial charge in [-0.1, -0.05) is 12.1 Å². The van der Waals surface area contributed by atoms with E-state index in [2.05, 4.69) is 0 Å². The molecule has 1 aromatic carbocycles. The van der Waals surface area contributed by atoms with Gasteiger partial charge in [0.2, 0.25) is 0 Å². The fourth-order valence-corrected chi connectivity index (χ4v) is 1.92. The molecule has 0 bridgehead atoms. The molecule has 0 aromatic heterocycles. The number of aliphatic hydroxyl groups excluding tert-OH is 1. The quantitative estimate of drug-likeness (QED) is 0.599. The molecular weight excluding hydrogens is 230 g/mol. The number of ether oxygens (including phenoxy) is 1. The van der Waals surface area contributed by atoms with Gasteiger partial charge in [-0.05, 0) is 24.6 Å². The highest BCUT2D eigenvalue weighted by atomic mass is 16.5. The molecule has 7 N–H and O–H groups in total. The minimum Gasteiger partial charge on any atom is -0.513 e. The van der Waals surface area contributed by atoms with E-state index in [1.165, 1.54) is 0 Å². The molecule has 18 heavy (non-hydrogen) atoms. The molecule has 0 saturated heterocycles. The average molecular weight is 249 g/mol. The summed E-state index contributed by atoms with van der Waals surface area (Å²) in [5, 5.41) is 9.28. The zero-order valence-electron chi connectivity index (χ0n) is 10.2. The molecule has 0 amide bonds. The number of hydrogen-bond donors (Lipinski definition) is 4. The minimum atomic E-state index is -1.32. The predicted octanol–water partition coefficient (Wildman–Crippen LogP) is 1.05. The third-order valence-electron chi connectivity index (χ3n) is 3.00. The van der Waals surface area contributed by atoms with Crippen LogP contribution in [0.25, 0.3) is 0 Å². The van der Waals surface area contributed by atoms with Gasteiger partial charge < -0.3 is 9.84 Å². The number of benzene rings is 1. The minimum absolute atomic E-state index is 0.102. The van der Waals surface area contributed by atoms with Crippen molar-refractivity contribution >= 4 is 0 Å². The highest BCUT2D eigenvalue weighted by Gasteiger charge is 2.17. The molecular formula is C13H19N3O2. The summed E-state index contributed by atoms with van der Waals surface area (Å²) in [6.07, 6.45) is 4.11. The first-order chi connectivity index (χ1) is 8.45. The van der Waals surface area contributed by atoms with Crippen molar-refractivity contribution in [3.05, 3.63) is 41.7 Å². The van der Waals surface area contributed by atoms with Crippen molar-refractivity contribution in [2.24, 2.45) is 17.2 Å². The smallest absolute Gasteiger partial charge is 0.142 e. The van der Waals surface area contributed by atoms with E-state index in [9.17, 15) is 5.11 Å². The summed E-state index contributed by atoms with van der Waals surface area (Å²) >= 11 is 0. The second-order valence-corrected chi connectivity index (χ2v) is 4.67. The molecule has 0 radical (unpaired) electrons. The lowest BCUT2D eigenvalue weighted by Gasteiger charge is -2.22. The molecule has 0 saturated carbocycles. The van der Waals surface area contributed by atoms with Gasteiger partial charge in [-0.3, -0.25) is 17.2 Å². The van der Waals surface area contributed by atoms with Gasteiger partial charge in [0.05, 0.1) is 5.76 Å². The second kappa shape index (κ2) is 4.97. The van der Waals surface area contributed by atoms with E-state index >= 15 is 0 Å². The lowest BCUT2D eigenvalue weighted by molar-refractivity contribution is 0.176. The van der Waals surface area contributed by atoms with Gasteiger partial charge in [0, 0.05) is 18.4 Å². The number of nitrogens with two attached hydrogens (primary N) is 3. The van der Waals surface area contributed by atoms with Gasteiger partial charge >= 0.3 is 0 Å². The molecule has 5 nitrogen and oxygen atoms in total. The fraction of sp³-hybridized carbons (Fsp3) is 0.385. The average Bonchev–Trinajstić information content (AvgIpc) is 2.32. The standard InChI is InChI=1S/C13H19N3O2/c14-13(15,16)9-1-5-11(6-2-9)18-12-7-3-10(17)4-8-12/h1-3,5-6,12,17H,4,7-8,14-16H2. The summed E-state index contributed by atoms with van der Waals surface area (Å²) in [5.41, 5.74) is 17.4. The van der Waals surface area contributed by atoms with Crippen LogP contribution in [-0.2, 0) is 5.79 Å². The van der Waals surface area contributed by atoms with Crippen molar-refractivity contribution in [1.82, 2.24) is 0 Å². The molecule has 5 heteroatoms. The Hall–Kier alpha value is -1.56. The van der Waals surface area contributed by atoms with E-state index in [0.717, 1.165) is 18.6 Å². The Labute approximate surface area is 106 Å². The zero-order chi connectivity index (χ0) is 13.2. The fourth-order valence-electron chi connectivity index (χ4n) is 1.92. The van der Waals surface area contributed by atoms with Crippen LogP contribution in [0.15, 0.2) is 36.1 Å². The summed E-state index contributed by atoms with van der Waals surface area (Å²) in [6, 6.07) is 7.11. The molecule has 1 aliphatic rings. The van der Waals surface area contributed by atoms with E-state index in [1.54, 1.807) is 30.3 Å². The van der Waals surface area contributed by atoms with Crippen LogP contribution in [0.4, 0.5) is 0 Å². The lowest BCUT2D eigenvalue weighted by atomic mass is 10.0. The van der Waals surface area contributed by atoms with Crippen LogP contribution in [0.2, 0.25) is 0 Å². The number of allylic oxidation sites excluding steroid dienone is 1. The van der Waals surface area contributed by atoms with Crippen molar-refractivity contribution in [3.8, 4) is 5.75 Å². The van der Waals surface area contributed by atoms with Gasteiger partial charge in [0.15, 0.2) is 0 Å². The van der Waals surface area contributed by atoms with Gasteiger partial charge in [-0.15, -0.1) is 0 Å². The molecule has 2 rings (SSSR count). The van der Waals surface area contributed by atoms with Crippen LogP contribution in [0, 0.1) is 0 Å². The first kappa shape index (κ1) is 12.9. The Morgan fingerprint density at radius 3 is 2.33 bits per heavy atom. The van der Waals surface area contributed by atoms with Crippen LogP contribution >= 0.6 is 0 Å². The molecule has 0 spiro atoms. The van der Waals surface area contributed by atoms with E-state index < -0.39 is 5.79 Å². The lowest BCUT2D eigenvalue weighted by Crippen LogP contribution is -2.54. The normalized spacial score (nSPS) is 20.4. The SMILES string of the molecule is NC(N)(N)c1ccc(OC2CC=C(O)CC2)cc1. The number of hydrogen-bond acceptors (Lipinski definition) is 5. The number of aliphatic hydroxyl groups is 1. The maximum Gasteiger partial charge on any atom is 0.142 e. The second-order valence-electron chi connectivity index (χ2n) is 4.67. The molecule has 0 heterocycles. The molecule has 98 valence electrons. The molecule has 1 aliphatic carbocycles. The molecule has 0 fully saturated rings. The van der Waals surface area contributed by atoms with Crippen LogP contribution in [0.3, 0.4) is 0 Å². The van der Waals surface area contributed by atoms with E-state index in [-0.39, 0.29) is 6.10 Å². The molecule has 1 atom stereocenters. The topological polar surface area (TPSA) is 108 Å². The van der Waals surface area contributed by atoms with E-state index in [1.807, 2.05) is 0 Å². The van der Waals surface area contributed by atoms with E-state index in [4.69, 9.17) is 21.9 Å². The van der Waals surface area contributed by atoms with Crippen molar-refractivity contribution < 1.29 is 9.84 Å². The number of rotatable bonds is 3. The Kier molecular flexibility index (Phi) is 3.56. The Morgan fingerprint density at radius 1 is 1.17 bits per heavy atom. The highest BCUT2D eigenvalue weighted by molar-refractivity contribution is 5.30. The molecule has 1 unspecified atom stereocenters. The van der Waals surface area contributed by atoms with Crippen molar-refractivity contribution in [2.75, 3.05) is 0 Å². The largest absolute Gasteiger partial charge is 0.513 e. The monoisotopic (exact) mass is 249 g/mol. The third-order valence-corrected chi connectivity index (χ3v) is 3.00. The molecule has 1 aromatic rings. The van der Waals surface area contributed by atoms with Crippen LogP contribution in [-0.4, -0.2) is 11.2 Å². The third kappa shape index (κ3) is 3.22. The van der Waals surface area contributed by atoms with Gasteiger partial charge in [0.1, 0.15) is 17.6 Å². The first-order valence-corrected chi connectivity index (χ1v) is 5.97. The zero-order valence-corrected chi connectivity index (χ0v) is 10.2. The van der Waals surface area contributed by atoms with Crippen molar-refractivity contribution in [1.29, 1.82) is 0 Å². The first-order valence-electron chi connectivity index (χ1n) is 5.97. The van der Waals surface area contributed by atoms with Crippen LogP contribution < -0.4 is 21.9 Å². The van der Waals surface area contributed by atoms with Crippen LogP contribution in [0.1, 0.15) is 24.8 Å². The summed E-state index contributed by atoms with van der Waals surface area (Å²) in [4.78, 5) is 0. The maximum absolute atomic E-state index is 9.28. The Bertz CT molecular complexity index is 435. The summed E-state index contributed by atoms with van der Waals surface area (Å²) in [5.74, 6) is -0.120. The summed E-state index contributed by atoms with van der Waals surface area (Å²) in [7, 11) is 0. The van der Waals surface area contributed by atoms with E-state index in [0.29, 0.717) is 17.7 Å². The van der Waals surface area contributed by atoms with Crippen LogP contribution in [0.5, 0.6) is 5.75 Å². The molecule has 0 aliphatic heterocycles. The predicted molar refractivity (Wildman–Crippen MR) is 69.7 cm³/mol. The highest BCUT2D eigenvalue weighted by Crippen LogP contribution is 2.23. The van der Waals surface area contributed by atoms with Gasteiger partial charge in [-0.2, -0.15) is 0 Å². The van der Waals surface area contributed by atoms with Crippen molar-refractivity contribution in [3.63, 3.8) is 0 Å². The Morgan fingerprint density at radius 2 is 1.83 bits per heavy atom. The summed E-state index contributed by atoms with van der Waals surface area (Å²) in [6.45, 7) is 0. The van der Waals surface area contributed by atoms with Crippen molar-refractivity contribution in [2.45, 2.75) is 31.2 Å².